The van der Waals surface area contributed by atoms with Gasteiger partial charge in [-0.25, -0.2) is 0 Å². The summed E-state index contributed by atoms with van der Waals surface area (Å²) in [6.45, 7) is 9.53. The van der Waals surface area contributed by atoms with Gasteiger partial charge >= 0.3 is 0 Å². The van der Waals surface area contributed by atoms with E-state index in [0.29, 0.717) is 0 Å². The van der Waals surface area contributed by atoms with Crippen molar-refractivity contribution in [2.24, 2.45) is 0 Å². The molecule has 1 aromatic rings. The number of carbonyl (C=O) groups is 1. The summed E-state index contributed by atoms with van der Waals surface area (Å²) in [5.41, 5.74) is 0.220. The Bertz CT molecular complexity index is 555. The minimum atomic E-state index is -1.13. The van der Waals surface area contributed by atoms with E-state index in [1.807, 2.05) is 0 Å². The first-order valence-corrected chi connectivity index (χ1v) is 17.7. The molecule has 0 N–H and O–H groups in total. The maximum Gasteiger partial charge on any atom is 0.0715 e. The fourth-order valence-electron chi connectivity index (χ4n) is 5.31. The van der Waals surface area contributed by atoms with Crippen LogP contribution < -0.4 is 5.11 Å². The lowest BCUT2D eigenvalue weighted by Crippen LogP contribution is -2.21. The molecule has 0 bridgehead atoms. The molecular formula is C32H59O2P. The first kappa shape index (κ1) is 34.1. The van der Waals surface area contributed by atoms with Gasteiger partial charge in [0.2, 0.25) is 0 Å². The Hall–Kier alpha value is -0.880. The Labute approximate surface area is 220 Å². The van der Waals surface area contributed by atoms with Gasteiger partial charge in [-0.05, 0) is 37.7 Å². The van der Waals surface area contributed by atoms with Crippen LogP contribution in [0.5, 0.6) is 0 Å². The van der Waals surface area contributed by atoms with E-state index in [9.17, 15) is 9.90 Å². The minimum Gasteiger partial charge on any atom is -0.545 e. The lowest BCUT2D eigenvalue weighted by atomic mass is 10.0. The molecule has 0 unspecified atom stereocenters. The average molecular weight is 507 g/mol. The van der Waals surface area contributed by atoms with E-state index in [1.54, 1.807) is 42.8 Å². The molecule has 2 nitrogen and oxygen atoms in total. The highest BCUT2D eigenvalue weighted by atomic mass is 31.2. The highest BCUT2D eigenvalue weighted by Crippen LogP contribution is 2.60. The summed E-state index contributed by atoms with van der Waals surface area (Å²) in [5.74, 6) is -1.13. The largest absolute Gasteiger partial charge is 0.545 e. The molecule has 0 aliphatic rings. The predicted octanol–water partition coefficient (Wildman–Crippen LogP) is 9.77. The van der Waals surface area contributed by atoms with Crippen molar-refractivity contribution in [2.45, 2.75) is 137 Å². The van der Waals surface area contributed by atoms with Crippen LogP contribution >= 0.6 is 7.26 Å². The number of hydrogen-bond donors (Lipinski definition) is 0. The van der Waals surface area contributed by atoms with Crippen LogP contribution in [-0.4, -0.2) is 30.6 Å². The second-order valence-electron chi connectivity index (χ2n) is 10.5. The van der Waals surface area contributed by atoms with Crippen molar-refractivity contribution in [3.8, 4) is 0 Å². The van der Waals surface area contributed by atoms with Gasteiger partial charge in [0.1, 0.15) is 0 Å². The molecule has 204 valence electrons. The van der Waals surface area contributed by atoms with Crippen molar-refractivity contribution in [2.75, 3.05) is 24.6 Å². The number of hydrogen-bond acceptors (Lipinski definition) is 2. The fraction of sp³-hybridized carbons (Fsp3) is 0.781. The van der Waals surface area contributed by atoms with Gasteiger partial charge in [-0.3, -0.25) is 0 Å². The van der Waals surface area contributed by atoms with Crippen LogP contribution in [0.3, 0.4) is 0 Å². The molecule has 0 fully saturated rings. The molecule has 0 saturated carbocycles. The van der Waals surface area contributed by atoms with Gasteiger partial charge < -0.3 is 9.90 Å². The van der Waals surface area contributed by atoms with Gasteiger partial charge in [-0.2, -0.15) is 0 Å². The van der Waals surface area contributed by atoms with Crippen LogP contribution in [0.4, 0.5) is 0 Å². The molecule has 0 aliphatic heterocycles. The second-order valence-corrected chi connectivity index (χ2v) is 15.0. The van der Waals surface area contributed by atoms with Crippen LogP contribution in [0.2, 0.25) is 0 Å². The smallest absolute Gasteiger partial charge is 0.0715 e. The Morgan fingerprint density at radius 1 is 0.543 bits per heavy atom. The lowest BCUT2D eigenvalue weighted by molar-refractivity contribution is -0.255. The van der Waals surface area contributed by atoms with E-state index in [1.165, 1.54) is 121 Å². The minimum absolute atomic E-state index is 0.220. The summed E-state index contributed by atoms with van der Waals surface area (Å²) < 4.78 is 0. The van der Waals surface area contributed by atoms with Gasteiger partial charge in [0, 0.05) is 7.26 Å². The number of carboxylic acid groups (broad SMARTS) is 1. The van der Waals surface area contributed by atoms with E-state index in [4.69, 9.17) is 0 Å². The predicted molar refractivity (Wildman–Crippen MR) is 158 cm³/mol. The summed E-state index contributed by atoms with van der Waals surface area (Å²) in [4.78, 5) is 10.1. The molecule has 35 heavy (non-hydrogen) atoms. The topological polar surface area (TPSA) is 40.1 Å². The van der Waals surface area contributed by atoms with E-state index >= 15 is 0 Å². The molecule has 1 rings (SSSR count). The number of benzene rings is 1. The summed E-state index contributed by atoms with van der Waals surface area (Å²) in [7, 11) is -0.581. The Morgan fingerprint density at radius 2 is 0.914 bits per heavy atom. The molecule has 1 aromatic carbocycles. The van der Waals surface area contributed by atoms with E-state index in [-0.39, 0.29) is 5.56 Å². The number of aromatic carboxylic acids is 1. The van der Waals surface area contributed by atoms with Crippen molar-refractivity contribution in [1.29, 1.82) is 0 Å². The van der Waals surface area contributed by atoms with E-state index in [0.717, 1.165) is 0 Å². The molecule has 0 amide bonds. The van der Waals surface area contributed by atoms with E-state index < -0.39 is 13.2 Å². The van der Waals surface area contributed by atoms with Crippen LogP contribution in [0.25, 0.3) is 0 Å². The second kappa shape index (κ2) is 24.8. The van der Waals surface area contributed by atoms with Crippen LogP contribution in [0, 0.1) is 0 Å². The van der Waals surface area contributed by atoms with Gasteiger partial charge in [0.25, 0.3) is 0 Å². The maximum absolute atomic E-state index is 10.1. The third-order valence-corrected chi connectivity index (χ3v) is 12.5. The molecule has 0 aromatic heterocycles. The zero-order chi connectivity index (χ0) is 26.0. The summed E-state index contributed by atoms with van der Waals surface area (Å²) in [6.07, 6.45) is 31.4. The van der Waals surface area contributed by atoms with Crippen LogP contribution in [-0.2, 0) is 0 Å². The third kappa shape index (κ3) is 19.9. The zero-order valence-electron chi connectivity index (χ0n) is 24.0. The van der Waals surface area contributed by atoms with Crippen molar-refractivity contribution >= 4 is 13.2 Å². The van der Waals surface area contributed by atoms with Gasteiger partial charge in [-0.15, -0.1) is 0 Å². The normalized spacial score (nSPS) is 11.2. The van der Waals surface area contributed by atoms with Gasteiger partial charge in [0.15, 0.2) is 0 Å². The molecule has 0 heterocycles. The summed E-state index contributed by atoms with van der Waals surface area (Å²) >= 11 is 0. The monoisotopic (exact) mass is 506 g/mol. The lowest BCUT2D eigenvalue weighted by Gasteiger charge is -2.27. The van der Waals surface area contributed by atoms with Crippen molar-refractivity contribution in [3.63, 3.8) is 0 Å². The highest BCUT2D eigenvalue weighted by Gasteiger charge is 2.33. The number of carbonyl (C=O) groups excluding carboxylic acids is 1. The van der Waals surface area contributed by atoms with Crippen LogP contribution in [0.15, 0.2) is 30.3 Å². The average Bonchev–Trinajstić information content (AvgIpc) is 2.86. The Kier molecular flexibility index (Phi) is 24.2. The summed E-state index contributed by atoms with van der Waals surface area (Å²) in [6, 6.07) is 8.06. The number of unbranched alkanes of at least 4 members (excludes halogenated alkanes) is 13. The summed E-state index contributed by atoms with van der Waals surface area (Å²) in [5, 5.41) is 10.1. The standard InChI is InChI=1S/C25H54P.C7H6O2/c1-5-9-10-11-12-13-14-15-16-17-18-19-20-21-25-26(22-6-2,23-7-3)24-8-4;8-7(9)6-4-2-1-3-5-6/h5-25H2,1-4H3;1-5H,(H,8,9)/q+1;/p-1. The molecule has 3 heteroatoms. The molecular weight excluding hydrogens is 447 g/mol. The first-order chi connectivity index (χ1) is 17.0. The Morgan fingerprint density at radius 3 is 1.23 bits per heavy atom. The molecule has 0 radical (unpaired) electrons. The van der Waals surface area contributed by atoms with Crippen molar-refractivity contribution in [1.82, 2.24) is 0 Å². The SMILES string of the molecule is CCCCCCCCCCCCCCCC[P+](CCC)(CCC)CCC.O=C([O-])c1ccccc1. The number of rotatable bonds is 22. The first-order valence-electron chi connectivity index (χ1n) is 15.2. The van der Waals surface area contributed by atoms with Gasteiger partial charge in [-0.1, -0.05) is 135 Å². The molecule has 0 saturated heterocycles. The molecule has 0 spiro atoms. The highest BCUT2D eigenvalue weighted by molar-refractivity contribution is 7.75. The van der Waals surface area contributed by atoms with E-state index in [2.05, 4.69) is 27.7 Å². The van der Waals surface area contributed by atoms with Crippen molar-refractivity contribution in [3.05, 3.63) is 35.9 Å². The van der Waals surface area contributed by atoms with Crippen molar-refractivity contribution < 1.29 is 9.90 Å². The quantitative estimate of drug-likeness (QED) is 0.116. The fourth-order valence-corrected chi connectivity index (χ4v) is 10.4. The zero-order valence-corrected chi connectivity index (χ0v) is 24.9. The van der Waals surface area contributed by atoms with Gasteiger partial charge in [0.05, 0.1) is 30.6 Å². The number of carboxylic acids is 1. The molecule has 0 aliphatic carbocycles. The van der Waals surface area contributed by atoms with Crippen LogP contribution in [0.1, 0.15) is 147 Å². The third-order valence-electron chi connectivity index (χ3n) is 7.09. The maximum atomic E-state index is 10.1. The molecule has 0 atom stereocenters. The Balaban J connectivity index is 0.00000106.